The van der Waals surface area contributed by atoms with Crippen molar-refractivity contribution >= 4 is 6.03 Å². The van der Waals surface area contributed by atoms with E-state index in [1.807, 2.05) is 11.8 Å². The normalized spacial score (nSPS) is 23.9. The fourth-order valence-electron chi connectivity index (χ4n) is 1.44. The second-order valence-electron chi connectivity index (χ2n) is 3.65. The third kappa shape index (κ3) is 2.59. The quantitative estimate of drug-likeness (QED) is 0.560. The molecule has 1 fully saturated rings. The van der Waals surface area contributed by atoms with Crippen LogP contribution in [0.4, 0.5) is 4.79 Å². The molecule has 0 N–H and O–H groups in total. The van der Waals surface area contributed by atoms with Crippen molar-refractivity contribution < 1.29 is 9.53 Å². The molecule has 4 nitrogen and oxygen atoms in total. The number of ether oxygens (including phenoxy) is 1. The summed E-state index contributed by atoms with van der Waals surface area (Å²) in [6.07, 6.45) is 0.934. The molecule has 13 heavy (non-hydrogen) atoms. The zero-order valence-corrected chi connectivity index (χ0v) is 8.62. The standard InChI is InChI=1S/C9H18N2O2/c1-8-7-13-6-4-5-11(8)9(12)10(2)3/h8H,4-7H2,1-3H3. The molecule has 1 saturated heterocycles. The van der Waals surface area contributed by atoms with E-state index in [1.54, 1.807) is 19.0 Å². The summed E-state index contributed by atoms with van der Waals surface area (Å²) < 4.78 is 5.35. The second-order valence-corrected chi connectivity index (χ2v) is 3.65. The first-order chi connectivity index (χ1) is 6.13. The number of urea groups is 1. The number of amides is 2. The Morgan fingerprint density at radius 2 is 2.23 bits per heavy atom. The van der Waals surface area contributed by atoms with E-state index < -0.39 is 0 Å². The smallest absolute Gasteiger partial charge is 0.319 e. The molecule has 1 rings (SSSR count). The number of carbonyl (C=O) groups is 1. The minimum Gasteiger partial charge on any atom is -0.379 e. The van der Waals surface area contributed by atoms with Crippen molar-refractivity contribution in [3.8, 4) is 0 Å². The van der Waals surface area contributed by atoms with Crippen LogP contribution in [-0.4, -0.2) is 55.7 Å². The summed E-state index contributed by atoms with van der Waals surface area (Å²) in [7, 11) is 3.56. The molecule has 1 heterocycles. The highest BCUT2D eigenvalue weighted by Gasteiger charge is 2.23. The number of carbonyl (C=O) groups excluding carboxylic acids is 1. The minimum atomic E-state index is 0.0815. The first-order valence-corrected chi connectivity index (χ1v) is 4.68. The fourth-order valence-corrected chi connectivity index (χ4v) is 1.44. The first kappa shape index (κ1) is 10.3. The summed E-state index contributed by atoms with van der Waals surface area (Å²) in [6, 6.07) is 0.274. The summed E-state index contributed by atoms with van der Waals surface area (Å²) in [5.41, 5.74) is 0. The van der Waals surface area contributed by atoms with E-state index in [4.69, 9.17) is 4.74 Å². The molecule has 1 aliphatic rings. The van der Waals surface area contributed by atoms with Gasteiger partial charge >= 0.3 is 6.03 Å². The number of hydrogen-bond donors (Lipinski definition) is 0. The third-order valence-corrected chi connectivity index (χ3v) is 2.21. The molecular weight excluding hydrogens is 168 g/mol. The highest BCUT2D eigenvalue weighted by molar-refractivity contribution is 5.74. The van der Waals surface area contributed by atoms with Crippen LogP contribution in [0.5, 0.6) is 0 Å². The summed E-state index contributed by atoms with van der Waals surface area (Å²) in [5, 5.41) is 0. The monoisotopic (exact) mass is 186 g/mol. The average Bonchev–Trinajstić information content (AvgIpc) is 2.28. The Hall–Kier alpha value is -0.770. The van der Waals surface area contributed by atoms with E-state index >= 15 is 0 Å². The Morgan fingerprint density at radius 3 is 2.85 bits per heavy atom. The van der Waals surface area contributed by atoms with Crippen LogP contribution in [0.1, 0.15) is 13.3 Å². The predicted molar refractivity (Wildman–Crippen MR) is 50.7 cm³/mol. The van der Waals surface area contributed by atoms with Gasteiger partial charge in [0.2, 0.25) is 0 Å². The van der Waals surface area contributed by atoms with Crippen LogP contribution in [0.2, 0.25) is 0 Å². The lowest BCUT2D eigenvalue weighted by atomic mass is 10.3. The van der Waals surface area contributed by atoms with Gasteiger partial charge in [0.25, 0.3) is 0 Å². The Labute approximate surface area is 79.4 Å². The maximum absolute atomic E-state index is 11.7. The first-order valence-electron chi connectivity index (χ1n) is 4.68. The molecule has 0 aromatic rings. The average molecular weight is 186 g/mol. The van der Waals surface area contributed by atoms with Crippen LogP contribution in [0.3, 0.4) is 0 Å². The van der Waals surface area contributed by atoms with Crippen molar-refractivity contribution in [2.45, 2.75) is 19.4 Å². The molecule has 1 aliphatic heterocycles. The van der Waals surface area contributed by atoms with Crippen LogP contribution in [-0.2, 0) is 4.74 Å². The van der Waals surface area contributed by atoms with Crippen molar-refractivity contribution in [3.63, 3.8) is 0 Å². The summed E-state index contributed by atoms with van der Waals surface area (Å²) in [6.45, 7) is 4.24. The van der Waals surface area contributed by atoms with E-state index in [9.17, 15) is 4.79 Å². The van der Waals surface area contributed by atoms with Crippen LogP contribution in [0, 0.1) is 0 Å². The van der Waals surface area contributed by atoms with E-state index in [0.717, 1.165) is 19.6 Å². The van der Waals surface area contributed by atoms with Gasteiger partial charge in [-0.25, -0.2) is 4.79 Å². The molecule has 0 spiro atoms. The van der Waals surface area contributed by atoms with Gasteiger partial charge in [-0.1, -0.05) is 0 Å². The van der Waals surface area contributed by atoms with Crippen LogP contribution >= 0.6 is 0 Å². The highest BCUT2D eigenvalue weighted by atomic mass is 16.5. The zero-order chi connectivity index (χ0) is 9.84. The lowest BCUT2D eigenvalue weighted by Gasteiger charge is -2.29. The molecule has 0 saturated carbocycles. The molecule has 4 heteroatoms. The Morgan fingerprint density at radius 1 is 1.54 bits per heavy atom. The molecule has 0 bridgehead atoms. The van der Waals surface area contributed by atoms with Gasteiger partial charge < -0.3 is 14.5 Å². The molecule has 1 unspecified atom stereocenters. The number of nitrogens with zero attached hydrogens (tertiary/aromatic N) is 2. The van der Waals surface area contributed by atoms with E-state index in [0.29, 0.717) is 6.61 Å². The van der Waals surface area contributed by atoms with Gasteiger partial charge in [0.05, 0.1) is 12.6 Å². The van der Waals surface area contributed by atoms with E-state index in [1.165, 1.54) is 0 Å². The van der Waals surface area contributed by atoms with Crippen LogP contribution < -0.4 is 0 Å². The van der Waals surface area contributed by atoms with Gasteiger partial charge in [-0.2, -0.15) is 0 Å². The lowest BCUT2D eigenvalue weighted by molar-refractivity contribution is 0.107. The Balaban J connectivity index is 2.58. The van der Waals surface area contributed by atoms with Crippen molar-refractivity contribution in [2.24, 2.45) is 0 Å². The fraction of sp³-hybridized carbons (Fsp3) is 0.889. The topological polar surface area (TPSA) is 32.8 Å². The minimum absolute atomic E-state index is 0.0815. The molecule has 0 aromatic carbocycles. The maximum atomic E-state index is 11.7. The molecule has 2 amide bonds. The Bertz CT molecular complexity index is 182. The lowest BCUT2D eigenvalue weighted by Crippen LogP contribution is -2.45. The van der Waals surface area contributed by atoms with Crippen molar-refractivity contribution in [1.29, 1.82) is 0 Å². The van der Waals surface area contributed by atoms with Gasteiger partial charge in [-0.15, -0.1) is 0 Å². The molecule has 76 valence electrons. The van der Waals surface area contributed by atoms with Gasteiger partial charge in [0.1, 0.15) is 0 Å². The van der Waals surface area contributed by atoms with Crippen LogP contribution in [0.15, 0.2) is 0 Å². The molecule has 0 aromatic heterocycles. The molecule has 1 atom stereocenters. The zero-order valence-electron chi connectivity index (χ0n) is 8.62. The number of rotatable bonds is 0. The molecule has 0 aliphatic carbocycles. The van der Waals surface area contributed by atoms with Gasteiger partial charge in [-0.05, 0) is 13.3 Å². The van der Waals surface area contributed by atoms with Gasteiger partial charge in [0.15, 0.2) is 0 Å². The molecule has 0 radical (unpaired) electrons. The van der Waals surface area contributed by atoms with Gasteiger partial charge in [-0.3, -0.25) is 0 Å². The maximum Gasteiger partial charge on any atom is 0.319 e. The van der Waals surface area contributed by atoms with Gasteiger partial charge in [0, 0.05) is 27.2 Å². The van der Waals surface area contributed by atoms with Crippen molar-refractivity contribution in [1.82, 2.24) is 9.80 Å². The Kier molecular flexibility index (Phi) is 3.54. The number of hydrogen-bond acceptors (Lipinski definition) is 2. The SMILES string of the molecule is CC1COCCCN1C(=O)N(C)C. The highest BCUT2D eigenvalue weighted by Crippen LogP contribution is 2.08. The van der Waals surface area contributed by atoms with E-state index in [2.05, 4.69) is 0 Å². The summed E-state index contributed by atoms with van der Waals surface area (Å²) in [4.78, 5) is 15.1. The third-order valence-electron chi connectivity index (χ3n) is 2.21. The summed E-state index contributed by atoms with van der Waals surface area (Å²) in [5.74, 6) is 0. The van der Waals surface area contributed by atoms with E-state index in [-0.39, 0.29) is 12.1 Å². The molecular formula is C9H18N2O2. The summed E-state index contributed by atoms with van der Waals surface area (Å²) >= 11 is 0. The second kappa shape index (κ2) is 4.46. The largest absolute Gasteiger partial charge is 0.379 e. The van der Waals surface area contributed by atoms with Crippen molar-refractivity contribution in [3.05, 3.63) is 0 Å². The van der Waals surface area contributed by atoms with Crippen molar-refractivity contribution in [2.75, 3.05) is 33.9 Å². The predicted octanol–water partition coefficient (Wildman–Crippen LogP) is 0.779. The van der Waals surface area contributed by atoms with Crippen LogP contribution in [0.25, 0.3) is 0 Å².